The van der Waals surface area contributed by atoms with Gasteiger partial charge in [-0.2, -0.15) is 0 Å². The third-order valence-corrected chi connectivity index (χ3v) is 3.45. The first-order valence-electron chi connectivity index (χ1n) is 7.49. The van der Waals surface area contributed by atoms with Crippen LogP contribution in [0.25, 0.3) is 0 Å². The minimum atomic E-state index is 0.177. The quantitative estimate of drug-likeness (QED) is 0.859. The zero-order valence-electron chi connectivity index (χ0n) is 13.2. The van der Waals surface area contributed by atoms with Crippen LogP contribution in [-0.2, 0) is 0 Å². The monoisotopic (exact) mass is 284 g/mol. The normalized spacial score (nSPS) is 14.0. The smallest absolute Gasteiger partial charge is 0.124 e. The molecular formula is C18H24N2O. The Morgan fingerprint density at radius 1 is 0.905 bits per heavy atom. The molecule has 0 aliphatic heterocycles. The van der Waals surface area contributed by atoms with Gasteiger partial charge in [-0.25, -0.2) is 0 Å². The van der Waals surface area contributed by atoms with Crippen molar-refractivity contribution in [2.75, 3.05) is 0 Å². The second-order valence-corrected chi connectivity index (χ2v) is 5.60. The number of hydrogen-bond acceptors (Lipinski definition) is 3. The molecule has 2 atom stereocenters. The van der Waals surface area contributed by atoms with Crippen LogP contribution in [0, 0.1) is 0 Å². The Labute approximate surface area is 127 Å². The molecule has 2 aromatic rings. The number of pyridine rings is 1. The molecule has 1 N–H and O–H groups in total. The minimum Gasteiger partial charge on any atom is -0.491 e. The van der Waals surface area contributed by atoms with Crippen molar-refractivity contribution in [1.29, 1.82) is 0 Å². The van der Waals surface area contributed by atoms with E-state index in [2.05, 4.69) is 50.1 Å². The summed E-state index contributed by atoms with van der Waals surface area (Å²) >= 11 is 0. The number of para-hydroxylation sites is 1. The van der Waals surface area contributed by atoms with Gasteiger partial charge in [-0.1, -0.05) is 18.2 Å². The second-order valence-electron chi connectivity index (χ2n) is 5.60. The van der Waals surface area contributed by atoms with Crippen molar-refractivity contribution >= 4 is 0 Å². The number of hydrogen-bond donors (Lipinski definition) is 1. The van der Waals surface area contributed by atoms with E-state index in [-0.39, 0.29) is 18.2 Å². The summed E-state index contributed by atoms with van der Waals surface area (Å²) in [6, 6.07) is 12.8. The van der Waals surface area contributed by atoms with Gasteiger partial charge in [0.2, 0.25) is 0 Å². The average molecular weight is 284 g/mol. The molecule has 2 unspecified atom stereocenters. The molecule has 3 heteroatoms. The lowest BCUT2D eigenvalue weighted by molar-refractivity contribution is 0.237. The number of benzene rings is 1. The summed E-state index contributed by atoms with van der Waals surface area (Å²) in [6.45, 7) is 8.43. The van der Waals surface area contributed by atoms with Gasteiger partial charge in [-0.05, 0) is 51.5 Å². The summed E-state index contributed by atoms with van der Waals surface area (Å²) in [5, 5.41) is 3.62. The molecule has 0 radical (unpaired) electrons. The highest BCUT2D eigenvalue weighted by molar-refractivity contribution is 5.36. The fraction of sp³-hybridized carbons (Fsp3) is 0.389. The predicted molar refractivity (Wildman–Crippen MR) is 86.4 cm³/mol. The second kappa shape index (κ2) is 7.23. The van der Waals surface area contributed by atoms with E-state index in [0.717, 1.165) is 5.75 Å². The van der Waals surface area contributed by atoms with E-state index in [9.17, 15) is 0 Å². The third-order valence-electron chi connectivity index (χ3n) is 3.45. The molecule has 3 nitrogen and oxygen atoms in total. The molecule has 1 heterocycles. The van der Waals surface area contributed by atoms with E-state index < -0.39 is 0 Å². The first kappa shape index (κ1) is 15.5. The van der Waals surface area contributed by atoms with Crippen LogP contribution >= 0.6 is 0 Å². The van der Waals surface area contributed by atoms with Gasteiger partial charge in [0.15, 0.2) is 0 Å². The third kappa shape index (κ3) is 4.30. The Morgan fingerprint density at radius 3 is 2.24 bits per heavy atom. The van der Waals surface area contributed by atoms with Crippen LogP contribution < -0.4 is 10.1 Å². The van der Waals surface area contributed by atoms with E-state index in [4.69, 9.17) is 4.74 Å². The first-order valence-corrected chi connectivity index (χ1v) is 7.49. The number of rotatable bonds is 6. The zero-order chi connectivity index (χ0) is 15.2. The molecule has 0 amide bonds. The van der Waals surface area contributed by atoms with Crippen molar-refractivity contribution in [1.82, 2.24) is 10.3 Å². The van der Waals surface area contributed by atoms with Gasteiger partial charge in [0.05, 0.1) is 6.10 Å². The molecule has 0 fully saturated rings. The van der Waals surface area contributed by atoms with Crippen molar-refractivity contribution in [3.05, 3.63) is 59.9 Å². The Kier molecular flexibility index (Phi) is 5.34. The Bertz CT molecular complexity index is 554. The molecule has 0 aliphatic rings. The van der Waals surface area contributed by atoms with Crippen LogP contribution in [0.2, 0.25) is 0 Å². The van der Waals surface area contributed by atoms with Gasteiger partial charge in [0.25, 0.3) is 0 Å². The first-order chi connectivity index (χ1) is 10.1. The molecule has 2 rings (SSSR count). The maximum Gasteiger partial charge on any atom is 0.124 e. The van der Waals surface area contributed by atoms with Crippen LogP contribution in [0.4, 0.5) is 0 Å². The Balaban J connectivity index is 2.11. The summed E-state index contributed by atoms with van der Waals surface area (Å²) in [5.74, 6) is 0.953. The van der Waals surface area contributed by atoms with E-state index in [0.29, 0.717) is 0 Å². The number of ether oxygens (including phenoxy) is 1. The summed E-state index contributed by atoms with van der Waals surface area (Å²) in [7, 11) is 0. The molecule has 21 heavy (non-hydrogen) atoms. The lowest BCUT2D eigenvalue weighted by Gasteiger charge is -2.23. The fourth-order valence-corrected chi connectivity index (χ4v) is 2.41. The largest absolute Gasteiger partial charge is 0.491 e. The maximum atomic E-state index is 5.90. The van der Waals surface area contributed by atoms with Crippen molar-refractivity contribution in [2.45, 2.75) is 45.9 Å². The summed E-state index contributed by atoms with van der Waals surface area (Å²) in [4.78, 5) is 4.06. The van der Waals surface area contributed by atoms with Crippen LogP contribution in [0.15, 0.2) is 48.8 Å². The van der Waals surface area contributed by atoms with Gasteiger partial charge in [0.1, 0.15) is 5.75 Å². The Morgan fingerprint density at radius 2 is 1.57 bits per heavy atom. The summed E-state index contributed by atoms with van der Waals surface area (Å²) < 4.78 is 5.90. The molecule has 1 aromatic heterocycles. The van der Waals surface area contributed by atoms with Crippen LogP contribution in [0.3, 0.4) is 0 Å². The number of nitrogens with one attached hydrogen (secondary N) is 1. The van der Waals surface area contributed by atoms with Crippen LogP contribution in [0.1, 0.15) is 50.9 Å². The van der Waals surface area contributed by atoms with Crippen molar-refractivity contribution in [3.63, 3.8) is 0 Å². The van der Waals surface area contributed by atoms with E-state index in [1.807, 2.05) is 36.7 Å². The number of aromatic nitrogens is 1. The molecule has 0 saturated carbocycles. The van der Waals surface area contributed by atoms with Gasteiger partial charge in [0, 0.05) is 30.0 Å². The highest BCUT2D eigenvalue weighted by Gasteiger charge is 2.15. The molecule has 0 saturated heterocycles. The predicted octanol–water partition coefficient (Wildman–Crippen LogP) is 4.28. The van der Waals surface area contributed by atoms with Gasteiger partial charge >= 0.3 is 0 Å². The maximum absolute atomic E-state index is 5.90. The van der Waals surface area contributed by atoms with Gasteiger partial charge in [-0.15, -0.1) is 0 Å². The van der Waals surface area contributed by atoms with Crippen LogP contribution in [-0.4, -0.2) is 11.1 Å². The van der Waals surface area contributed by atoms with Crippen molar-refractivity contribution in [3.8, 4) is 5.75 Å². The van der Waals surface area contributed by atoms with Crippen molar-refractivity contribution < 1.29 is 4.74 Å². The average Bonchev–Trinajstić information content (AvgIpc) is 2.48. The van der Waals surface area contributed by atoms with E-state index >= 15 is 0 Å². The van der Waals surface area contributed by atoms with Crippen molar-refractivity contribution in [2.24, 2.45) is 0 Å². The highest BCUT2D eigenvalue weighted by atomic mass is 16.5. The molecule has 112 valence electrons. The minimum absolute atomic E-state index is 0.177. The molecule has 0 bridgehead atoms. The standard InChI is InChI=1S/C18H24N2O/c1-13(2)21-18-8-6-5-7-17(18)15(4)20-14(3)16-9-11-19-12-10-16/h5-15,20H,1-4H3. The molecule has 0 aliphatic carbocycles. The summed E-state index contributed by atoms with van der Waals surface area (Å²) in [5.41, 5.74) is 2.42. The van der Waals surface area contributed by atoms with Gasteiger partial charge in [-0.3, -0.25) is 4.98 Å². The van der Waals surface area contributed by atoms with Crippen LogP contribution in [0.5, 0.6) is 5.75 Å². The zero-order valence-corrected chi connectivity index (χ0v) is 13.2. The van der Waals surface area contributed by atoms with E-state index in [1.54, 1.807) is 0 Å². The molecule has 0 spiro atoms. The highest BCUT2D eigenvalue weighted by Crippen LogP contribution is 2.27. The lowest BCUT2D eigenvalue weighted by Crippen LogP contribution is -2.23. The lowest BCUT2D eigenvalue weighted by atomic mass is 10.0. The Hall–Kier alpha value is -1.87. The topological polar surface area (TPSA) is 34.1 Å². The van der Waals surface area contributed by atoms with Gasteiger partial charge < -0.3 is 10.1 Å². The summed E-state index contributed by atoms with van der Waals surface area (Å²) in [6.07, 6.45) is 3.83. The molecule has 1 aromatic carbocycles. The SMILES string of the molecule is CC(C)Oc1ccccc1C(C)NC(C)c1ccncc1. The fourth-order valence-electron chi connectivity index (χ4n) is 2.41. The van der Waals surface area contributed by atoms with E-state index in [1.165, 1.54) is 11.1 Å². The molecular weight excluding hydrogens is 260 g/mol. The number of nitrogens with zero attached hydrogens (tertiary/aromatic N) is 1.